The van der Waals surface area contributed by atoms with Crippen molar-refractivity contribution in [2.45, 2.75) is 0 Å². The van der Waals surface area contributed by atoms with Crippen LogP contribution in [0.5, 0.6) is 0 Å². The van der Waals surface area contributed by atoms with Gasteiger partial charge in [-0.3, -0.25) is 0 Å². The Kier molecular flexibility index (Phi) is 11.0. The van der Waals surface area contributed by atoms with Gasteiger partial charge in [-0.1, -0.05) is 237 Å². The first-order valence-electron chi connectivity index (χ1n) is 23.7. The van der Waals surface area contributed by atoms with Gasteiger partial charge >= 0.3 is 0 Å². The second kappa shape index (κ2) is 18.3. The molecule has 324 valence electrons. The van der Waals surface area contributed by atoms with Crippen LogP contribution in [-0.2, 0) is 0 Å². The summed E-state index contributed by atoms with van der Waals surface area (Å²) in [6.07, 6.45) is 0. The first kappa shape index (κ1) is 41.4. The zero-order valence-corrected chi connectivity index (χ0v) is 38.1. The summed E-state index contributed by atoms with van der Waals surface area (Å²) >= 11 is 0. The van der Waals surface area contributed by atoms with Gasteiger partial charge in [0.1, 0.15) is 0 Å². The molecule has 1 nitrogen and oxygen atoms in total. The molecule has 0 aromatic heterocycles. The van der Waals surface area contributed by atoms with E-state index in [0.29, 0.717) is 0 Å². The number of hydrogen-bond donors (Lipinski definition) is 0. The van der Waals surface area contributed by atoms with Crippen LogP contribution < -0.4 is 4.90 Å². The molecule has 0 bridgehead atoms. The summed E-state index contributed by atoms with van der Waals surface area (Å²) in [6.45, 7) is 0. The molecule has 0 radical (unpaired) electrons. The first-order chi connectivity index (χ1) is 34.2. The normalized spacial score (nSPS) is 11.2. The van der Waals surface area contributed by atoms with E-state index in [0.717, 1.165) is 17.1 Å². The number of hydrogen-bond acceptors (Lipinski definition) is 1. The molecule has 0 spiro atoms. The van der Waals surface area contributed by atoms with Gasteiger partial charge in [0.25, 0.3) is 0 Å². The van der Waals surface area contributed by atoms with Crippen LogP contribution >= 0.6 is 0 Å². The monoisotopic (exact) mass is 877 g/mol. The Morgan fingerprint density at radius 1 is 0.174 bits per heavy atom. The Hall–Kier alpha value is -9.04. The van der Waals surface area contributed by atoms with Crippen molar-refractivity contribution in [2.75, 3.05) is 4.90 Å². The molecular formula is C68H47N. The van der Waals surface area contributed by atoms with E-state index >= 15 is 0 Å². The molecule has 0 saturated carbocycles. The molecule has 0 amide bonds. The molecule has 0 aliphatic carbocycles. The maximum absolute atomic E-state index is 2.39. The van der Waals surface area contributed by atoms with Crippen molar-refractivity contribution in [3.63, 3.8) is 0 Å². The molecule has 0 saturated heterocycles. The van der Waals surface area contributed by atoms with E-state index in [1.807, 2.05) is 0 Å². The summed E-state index contributed by atoms with van der Waals surface area (Å²) in [5.41, 5.74) is 20.1. The summed E-state index contributed by atoms with van der Waals surface area (Å²) in [5, 5.41) is 5.00. The summed E-state index contributed by atoms with van der Waals surface area (Å²) in [6, 6.07) is 103. The molecule has 0 N–H and O–H groups in total. The standard InChI is InChI=1S/C68H47N/c1-6-18-48(19-7-1)50-30-38-58(39-31-50)69(60-42-34-53(35-43-60)61-44-36-56(49-20-8-2-9-21-49)46-65(61)52-22-10-3-11-23-52)59-40-32-51(33-41-59)57-37-45-64-66(47-57)62-28-16-17-29-63(62)67(54-24-12-4-13-25-54)68(64)55-26-14-5-15-27-55/h1-47H. The molecule has 12 rings (SSSR count). The Labute approximate surface area is 404 Å². The lowest BCUT2D eigenvalue weighted by molar-refractivity contribution is 1.28. The van der Waals surface area contributed by atoms with Crippen molar-refractivity contribution in [1.29, 1.82) is 0 Å². The molecule has 0 unspecified atom stereocenters. The Morgan fingerprint density at radius 3 is 1.00 bits per heavy atom. The Balaban J connectivity index is 0.946. The zero-order chi connectivity index (χ0) is 45.9. The fourth-order valence-corrected chi connectivity index (χ4v) is 10.1. The maximum Gasteiger partial charge on any atom is 0.0462 e. The van der Waals surface area contributed by atoms with Gasteiger partial charge in [0.2, 0.25) is 0 Å². The van der Waals surface area contributed by atoms with E-state index in [2.05, 4.69) is 290 Å². The third kappa shape index (κ3) is 8.07. The van der Waals surface area contributed by atoms with Crippen molar-refractivity contribution in [1.82, 2.24) is 0 Å². The predicted octanol–water partition coefficient (Wildman–Crippen LogP) is 19.1. The van der Waals surface area contributed by atoms with Crippen LogP contribution in [0.3, 0.4) is 0 Å². The van der Waals surface area contributed by atoms with Crippen molar-refractivity contribution < 1.29 is 0 Å². The van der Waals surface area contributed by atoms with E-state index in [4.69, 9.17) is 0 Å². The molecule has 0 aliphatic heterocycles. The van der Waals surface area contributed by atoms with Gasteiger partial charge in [-0.25, -0.2) is 0 Å². The molecule has 69 heavy (non-hydrogen) atoms. The van der Waals surface area contributed by atoms with Crippen molar-refractivity contribution in [3.8, 4) is 77.9 Å². The van der Waals surface area contributed by atoms with E-state index in [-0.39, 0.29) is 0 Å². The number of benzene rings is 12. The average molecular weight is 878 g/mol. The fourth-order valence-electron chi connectivity index (χ4n) is 10.1. The third-order valence-corrected chi connectivity index (χ3v) is 13.5. The summed E-state index contributed by atoms with van der Waals surface area (Å²) < 4.78 is 0. The van der Waals surface area contributed by atoms with Gasteiger partial charge in [-0.15, -0.1) is 0 Å². The third-order valence-electron chi connectivity index (χ3n) is 13.5. The van der Waals surface area contributed by atoms with Crippen LogP contribution in [0.15, 0.2) is 285 Å². The molecule has 0 atom stereocenters. The molecule has 12 aromatic carbocycles. The quantitative estimate of drug-likeness (QED) is 0.124. The van der Waals surface area contributed by atoms with E-state index in [1.54, 1.807) is 0 Å². The Morgan fingerprint density at radius 2 is 0.493 bits per heavy atom. The number of fused-ring (bicyclic) bond motifs is 3. The molecule has 1 heteroatoms. The van der Waals surface area contributed by atoms with Gasteiger partial charge in [-0.2, -0.15) is 0 Å². The number of nitrogens with zero attached hydrogens (tertiary/aromatic N) is 1. The lowest BCUT2D eigenvalue weighted by Gasteiger charge is -2.26. The number of rotatable bonds is 10. The lowest BCUT2D eigenvalue weighted by atomic mass is 9.84. The lowest BCUT2D eigenvalue weighted by Crippen LogP contribution is -2.09. The maximum atomic E-state index is 2.39. The minimum absolute atomic E-state index is 1.08. The predicted molar refractivity (Wildman–Crippen MR) is 294 cm³/mol. The summed E-state index contributed by atoms with van der Waals surface area (Å²) in [5.74, 6) is 0. The first-order valence-corrected chi connectivity index (χ1v) is 23.7. The highest BCUT2D eigenvalue weighted by molar-refractivity contribution is 6.22. The van der Waals surface area contributed by atoms with Crippen LogP contribution in [0.25, 0.3) is 99.4 Å². The van der Waals surface area contributed by atoms with Gasteiger partial charge in [-0.05, 0) is 148 Å². The molecule has 0 aliphatic rings. The van der Waals surface area contributed by atoms with Crippen molar-refractivity contribution in [2.24, 2.45) is 0 Å². The minimum Gasteiger partial charge on any atom is -0.311 e. The summed E-state index contributed by atoms with van der Waals surface area (Å²) in [4.78, 5) is 2.37. The topological polar surface area (TPSA) is 3.24 Å². The molecule has 0 heterocycles. The minimum atomic E-state index is 1.08. The van der Waals surface area contributed by atoms with Crippen LogP contribution in [-0.4, -0.2) is 0 Å². The number of anilines is 3. The van der Waals surface area contributed by atoms with Crippen LogP contribution in [0, 0.1) is 0 Å². The molecular weight excluding hydrogens is 831 g/mol. The van der Waals surface area contributed by atoms with E-state index < -0.39 is 0 Å². The van der Waals surface area contributed by atoms with Crippen LogP contribution in [0.1, 0.15) is 0 Å². The smallest absolute Gasteiger partial charge is 0.0462 e. The average Bonchev–Trinajstić information content (AvgIpc) is 3.44. The van der Waals surface area contributed by atoms with Gasteiger partial charge < -0.3 is 4.90 Å². The largest absolute Gasteiger partial charge is 0.311 e. The van der Waals surface area contributed by atoms with Crippen molar-refractivity contribution in [3.05, 3.63) is 285 Å². The highest BCUT2D eigenvalue weighted by atomic mass is 15.1. The van der Waals surface area contributed by atoms with E-state index in [9.17, 15) is 0 Å². The summed E-state index contributed by atoms with van der Waals surface area (Å²) in [7, 11) is 0. The second-order valence-electron chi connectivity index (χ2n) is 17.6. The second-order valence-corrected chi connectivity index (χ2v) is 17.6. The van der Waals surface area contributed by atoms with Gasteiger partial charge in [0, 0.05) is 17.1 Å². The molecule has 12 aromatic rings. The van der Waals surface area contributed by atoms with Gasteiger partial charge in [0.05, 0.1) is 0 Å². The van der Waals surface area contributed by atoms with Crippen LogP contribution in [0.4, 0.5) is 17.1 Å². The SMILES string of the molecule is c1ccc(-c2ccc(N(c3ccc(-c4ccc5c(-c6ccccc6)c(-c6ccccc6)c6ccccc6c5c4)cc3)c3ccc(-c4ccc(-c5ccccc5)cc4-c4ccccc4)cc3)cc2)cc1. The Bertz CT molecular complexity index is 3700. The fraction of sp³-hybridized carbons (Fsp3) is 0. The zero-order valence-electron chi connectivity index (χ0n) is 38.1. The highest BCUT2D eigenvalue weighted by Crippen LogP contribution is 2.46. The van der Waals surface area contributed by atoms with Crippen LogP contribution in [0.2, 0.25) is 0 Å². The van der Waals surface area contributed by atoms with Crippen molar-refractivity contribution >= 4 is 38.6 Å². The highest BCUT2D eigenvalue weighted by Gasteiger charge is 2.19. The molecule has 0 fully saturated rings. The van der Waals surface area contributed by atoms with Gasteiger partial charge in [0.15, 0.2) is 0 Å². The van der Waals surface area contributed by atoms with E-state index in [1.165, 1.54) is 99.4 Å².